The predicted octanol–water partition coefficient (Wildman–Crippen LogP) is 1.82. The zero-order chi connectivity index (χ0) is 11.5. The fraction of sp³-hybridized carbons (Fsp3) is 0.417. The van der Waals surface area contributed by atoms with Gasteiger partial charge in [0.2, 0.25) is 0 Å². The molecule has 3 nitrogen and oxygen atoms in total. The van der Waals surface area contributed by atoms with Gasteiger partial charge in [0, 0.05) is 24.0 Å². The molecule has 1 aromatic carbocycles. The first kappa shape index (κ1) is 11.4. The highest BCUT2D eigenvalue weighted by atomic mass is 35.5. The van der Waals surface area contributed by atoms with Gasteiger partial charge in [-0.25, -0.2) is 0 Å². The van der Waals surface area contributed by atoms with Crippen molar-refractivity contribution in [3.05, 3.63) is 34.9 Å². The van der Waals surface area contributed by atoms with E-state index in [1.54, 1.807) is 0 Å². The number of nitrogens with one attached hydrogen (secondary N) is 1. The van der Waals surface area contributed by atoms with Crippen molar-refractivity contribution in [1.29, 1.82) is 0 Å². The summed E-state index contributed by atoms with van der Waals surface area (Å²) in [5.41, 5.74) is 1.02. The van der Waals surface area contributed by atoms with Crippen molar-refractivity contribution in [2.45, 2.75) is 5.92 Å². The van der Waals surface area contributed by atoms with Crippen LogP contribution in [0, 0.1) is 5.92 Å². The average molecular weight is 240 g/mol. The second-order valence-corrected chi connectivity index (χ2v) is 4.32. The highest BCUT2D eigenvalue weighted by Crippen LogP contribution is 2.33. The van der Waals surface area contributed by atoms with Gasteiger partial charge in [-0.15, -0.1) is 0 Å². The van der Waals surface area contributed by atoms with Crippen molar-refractivity contribution in [2.75, 3.05) is 20.2 Å². The van der Waals surface area contributed by atoms with Gasteiger partial charge in [-0.1, -0.05) is 29.8 Å². The molecule has 0 saturated carbocycles. The Morgan fingerprint density at radius 2 is 2.19 bits per heavy atom. The molecule has 0 bridgehead atoms. The smallest absolute Gasteiger partial charge is 0.310 e. The van der Waals surface area contributed by atoms with Gasteiger partial charge in [0.15, 0.2) is 0 Å². The Kier molecular flexibility index (Phi) is 3.46. The van der Waals surface area contributed by atoms with Crippen molar-refractivity contribution in [3.63, 3.8) is 0 Å². The maximum Gasteiger partial charge on any atom is 0.310 e. The summed E-state index contributed by atoms with van der Waals surface area (Å²) in [5.74, 6) is -0.194. The summed E-state index contributed by atoms with van der Waals surface area (Å²) in [7, 11) is 1.42. The second-order valence-electron chi connectivity index (χ2n) is 3.92. The van der Waals surface area contributed by atoms with Gasteiger partial charge in [-0.3, -0.25) is 4.79 Å². The van der Waals surface area contributed by atoms with E-state index < -0.39 is 0 Å². The van der Waals surface area contributed by atoms with Crippen LogP contribution in [0.5, 0.6) is 0 Å². The summed E-state index contributed by atoms with van der Waals surface area (Å²) in [4.78, 5) is 11.6. The monoisotopic (exact) mass is 239 g/mol. The summed E-state index contributed by atoms with van der Waals surface area (Å²) < 4.78 is 4.80. The van der Waals surface area contributed by atoms with Crippen LogP contribution in [0.15, 0.2) is 24.3 Å². The molecule has 4 heteroatoms. The summed E-state index contributed by atoms with van der Waals surface area (Å²) >= 11 is 6.14. The van der Waals surface area contributed by atoms with E-state index in [2.05, 4.69) is 5.32 Å². The number of esters is 1. The number of methoxy groups -OCH3 is 1. The van der Waals surface area contributed by atoms with Gasteiger partial charge in [0.05, 0.1) is 13.0 Å². The lowest BCUT2D eigenvalue weighted by Gasteiger charge is -2.17. The minimum absolute atomic E-state index is 0.112. The van der Waals surface area contributed by atoms with Gasteiger partial charge in [0.25, 0.3) is 0 Å². The van der Waals surface area contributed by atoms with Crippen LogP contribution in [0.4, 0.5) is 0 Å². The van der Waals surface area contributed by atoms with Gasteiger partial charge >= 0.3 is 5.97 Å². The molecule has 0 spiro atoms. The Morgan fingerprint density at radius 3 is 2.88 bits per heavy atom. The van der Waals surface area contributed by atoms with Crippen LogP contribution >= 0.6 is 11.6 Å². The van der Waals surface area contributed by atoms with Crippen molar-refractivity contribution in [1.82, 2.24) is 5.32 Å². The van der Waals surface area contributed by atoms with E-state index >= 15 is 0 Å². The maximum atomic E-state index is 11.6. The quantitative estimate of drug-likeness (QED) is 0.800. The number of hydrogen-bond acceptors (Lipinski definition) is 3. The summed E-state index contributed by atoms with van der Waals surface area (Å²) in [5, 5.41) is 3.92. The van der Waals surface area contributed by atoms with Gasteiger partial charge < -0.3 is 10.1 Å². The first-order chi connectivity index (χ1) is 7.74. The molecule has 1 aliphatic heterocycles. The Balaban J connectivity index is 2.27. The summed E-state index contributed by atoms with van der Waals surface area (Å²) in [6.45, 7) is 1.42. The number of halogens is 1. The van der Waals surface area contributed by atoms with E-state index in [1.807, 2.05) is 24.3 Å². The molecule has 1 fully saturated rings. The average Bonchev–Trinajstić information content (AvgIpc) is 2.77. The van der Waals surface area contributed by atoms with E-state index in [-0.39, 0.29) is 17.8 Å². The molecule has 1 saturated heterocycles. The first-order valence-electron chi connectivity index (χ1n) is 5.27. The highest BCUT2D eigenvalue weighted by molar-refractivity contribution is 6.31. The maximum absolute atomic E-state index is 11.6. The zero-order valence-electron chi connectivity index (χ0n) is 9.07. The van der Waals surface area contributed by atoms with Crippen molar-refractivity contribution in [3.8, 4) is 0 Å². The Morgan fingerprint density at radius 1 is 1.44 bits per heavy atom. The number of carbonyl (C=O) groups excluding carboxylic acids is 1. The minimum Gasteiger partial charge on any atom is -0.469 e. The molecule has 1 N–H and O–H groups in total. The molecule has 0 aliphatic carbocycles. The molecule has 16 heavy (non-hydrogen) atoms. The van der Waals surface area contributed by atoms with Gasteiger partial charge in [0.1, 0.15) is 0 Å². The number of hydrogen-bond donors (Lipinski definition) is 1. The van der Waals surface area contributed by atoms with E-state index in [0.29, 0.717) is 11.6 Å². The van der Waals surface area contributed by atoms with Crippen LogP contribution in [0.3, 0.4) is 0 Å². The SMILES string of the molecule is COC(=O)[C@@H]1CNC[C@@H]1c1ccccc1Cl. The third kappa shape index (κ3) is 2.06. The first-order valence-corrected chi connectivity index (χ1v) is 5.65. The normalized spacial score (nSPS) is 24.4. The lowest BCUT2D eigenvalue weighted by atomic mass is 9.89. The molecule has 2 atom stereocenters. The fourth-order valence-electron chi connectivity index (χ4n) is 2.18. The van der Waals surface area contributed by atoms with Crippen LogP contribution in [0.25, 0.3) is 0 Å². The van der Waals surface area contributed by atoms with Crippen LogP contribution in [0.1, 0.15) is 11.5 Å². The Bertz CT molecular complexity index is 394. The molecule has 1 aliphatic rings. The molecular weight excluding hydrogens is 226 g/mol. The van der Waals surface area contributed by atoms with Crippen LogP contribution < -0.4 is 5.32 Å². The van der Waals surface area contributed by atoms with Gasteiger partial charge in [-0.2, -0.15) is 0 Å². The molecule has 0 aromatic heterocycles. The van der Waals surface area contributed by atoms with E-state index in [4.69, 9.17) is 16.3 Å². The summed E-state index contributed by atoms with van der Waals surface area (Å²) in [6.07, 6.45) is 0. The zero-order valence-corrected chi connectivity index (χ0v) is 9.83. The summed E-state index contributed by atoms with van der Waals surface area (Å²) in [6, 6.07) is 7.65. The lowest BCUT2D eigenvalue weighted by molar-refractivity contribution is -0.145. The van der Waals surface area contributed by atoms with E-state index in [0.717, 1.165) is 12.1 Å². The van der Waals surface area contributed by atoms with E-state index in [1.165, 1.54) is 7.11 Å². The Labute approximate surface area is 99.7 Å². The second kappa shape index (κ2) is 4.85. The Hall–Kier alpha value is -1.06. The molecule has 2 rings (SSSR count). The number of rotatable bonds is 2. The molecule has 1 aromatic rings. The molecule has 1 heterocycles. The van der Waals surface area contributed by atoms with Crippen molar-refractivity contribution < 1.29 is 9.53 Å². The third-order valence-corrected chi connectivity index (χ3v) is 3.37. The lowest BCUT2D eigenvalue weighted by Crippen LogP contribution is -2.23. The van der Waals surface area contributed by atoms with Crippen molar-refractivity contribution >= 4 is 17.6 Å². The highest BCUT2D eigenvalue weighted by Gasteiger charge is 2.35. The van der Waals surface area contributed by atoms with Gasteiger partial charge in [-0.05, 0) is 11.6 Å². The molecule has 0 radical (unpaired) electrons. The standard InChI is InChI=1S/C12H14ClNO2/c1-16-12(15)10-7-14-6-9(10)8-4-2-3-5-11(8)13/h2-5,9-10,14H,6-7H2,1H3/t9-,10-/m1/s1. The number of benzene rings is 1. The van der Waals surface area contributed by atoms with Crippen LogP contribution in [-0.4, -0.2) is 26.2 Å². The third-order valence-electron chi connectivity index (χ3n) is 3.02. The fourth-order valence-corrected chi connectivity index (χ4v) is 2.46. The number of ether oxygens (including phenoxy) is 1. The topological polar surface area (TPSA) is 38.3 Å². The van der Waals surface area contributed by atoms with Crippen molar-refractivity contribution in [2.24, 2.45) is 5.92 Å². The molecule has 86 valence electrons. The van der Waals surface area contributed by atoms with E-state index in [9.17, 15) is 4.79 Å². The predicted molar refractivity (Wildman–Crippen MR) is 62.6 cm³/mol. The molecule has 0 amide bonds. The van der Waals surface area contributed by atoms with Crippen LogP contribution in [-0.2, 0) is 9.53 Å². The minimum atomic E-state index is -0.171. The largest absolute Gasteiger partial charge is 0.469 e. The molecule has 0 unspecified atom stereocenters. The van der Waals surface area contributed by atoms with Crippen LogP contribution in [0.2, 0.25) is 5.02 Å². The number of carbonyl (C=O) groups is 1. The molecular formula is C12H14ClNO2.